The maximum Gasteiger partial charge on any atom is 0.279 e. The highest BCUT2D eigenvalue weighted by Gasteiger charge is 2.37. The first kappa shape index (κ1) is 20.3. The summed E-state index contributed by atoms with van der Waals surface area (Å²) in [5.41, 5.74) is 4.79. The summed E-state index contributed by atoms with van der Waals surface area (Å²) in [6.07, 6.45) is 3.61. The van der Waals surface area contributed by atoms with Crippen molar-refractivity contribution in [3.05, 3.63) is 102 Å². The standard InChI is InChI=1S/C24H19FN4O2S/c1-16-2-4-17(5-3-16)22-15-24(18-6-11-21-23(14-18)27-13-12-26-21)29(28-22)32(30,31)20-9-7-19(25)8-10-20/h2-14,24H,15H2,1H3/t24-/m0/s1. The molecule has 0 saturated carbocycles. The summed E-state index contributed by atoms with van der Waals surface area (Å²) in [4.78, 5) is 8.62. The van der Waals surface area contributed by atoms with Gasteiger partial charge in [0.05, 0.1) is 27.7 Å². The van der Waals surface area contributed by atoms with Crippen molar-refractivity contribution in [2.45, 2.75) is 24.3 Å². The molecule has 5 rings (SSSR count). The van der Waals surface area contributed by atoms with Crippen molar-refractivity contribution >= 4 is 26.8 Å². The number of hydrogen-bond donors (Lipinski definition) is 0. The Morgan fingerprint density at radius 3 is 2.31 bits per heavy atom. The first-order chi connectivity index (χ1) is 15.4. The Morgan fingerprint density at radius 1 is 0.906 bits per heavy atom. The van der Waals surface area contributed by atoms with E-state index < -0.39 is 21.9 Å². The van der Waals surface area contributed by atoms with Crippen molar-refractivity contribution in [1.29, 1.82) is 0 Å². The molecule has 0 bridgehead atoms. The second-order valence-corrected chi connectivity index (χ2v) is 9.46. The van der Waals surface area contributed by atoms with Crippen LogP contribution in [0, 0.1) is 12.7 Å². The molecule has 0 radical (unpaired) electrons. The van der Waals surface area contributed by atoms with Crippen molar-refractivity contribution in [3.8, 4) is 0 Å². The van der Waals surface area contributed by atoms with Gasteiger partial charge in [0.1, 0.15) is 5.82 Å². The largest absolute Gasteiger partial charge is 0.279 e. The number of sulfonamides is 1. The summed E-state index contributed by atoms with van der Waals surface area (Å²) in [5, 5.41) is 4.53. The minimum Gasteiger partial charge on any atom is -0.253 e. The Hall–Kier alpha value is -3.65. The van der Waals surface area contributed by atoms with Gasteiger partial charge in [0.25, 0.3) is 10.0 Å². The third kappa shape index (κ3) is 3.62. The lowest BCUT2D eigenvalue weighted by Crippen LogP contribution is -2.27. The first-order valence-electron chi connectivity index (χ1n) is 10.1. The molecule has 0 fully saturated rings. The predicted molar refractivity (Wildman–Crippen MR) is 120 cm³/mol. The van der Waals surface area contributed by atoms with Crippen LogP contribution in [-0.2, 0) is 10.0 Å². The van der Waals surface area contributed by atoms with Gasteiger partial charge in [0.2, 0.25) is 0 Å². The van der Waals surface area contributed by atoms with Gasteiger partial charge in [-0.1, -0.05) is 35.9 Å². The van der Waals surface area contributed by atoms with Gasteiger partial charge in [-0.05, 0) is 54.4 Å². The number of aromatic nitrogens is 2. The van der Waals surface area contributed by atoms with Crippen molar-refractivity contribution in [1.82, 2.24) is 14.4 Å². The van der Waals surface area contributed by atoms with Crippen LogP contribution in [0.4, 0.5) is 4.39 Å². The predicted octanol–water partition coefficient (Wildman–Crippen LogP) is 4.62. The van der Waals surface area contributed by atoms with E-state index in [0.29, 0.717) is 17.6 Å². The average molecular weight is 447 g/mol. The Bertz CT molecular complexity index is 1440. The highest BCUT2D eigenvalue weighted by molar-refractivity contribution is 7.89. The Kier molecular flexibility index (Phi) is 4.94. The Balaban J connectivity index is 1.62. The molecule has 0 spiro atoms. The highest BCUT2D eigenvalue weighted by atomic mass is 32.2. The number of rotatable bonds is 4. The fourth-order valence-corrected chi connectivity index (χ4v) is 5.21. The van der Waals surface area contributed by atoms with Gasteiger partial charge in [-0.2, -0.15) is 17.9 Å². The molecular formula is C24H19FN4O2S. The molecule has 4 aromatic rings. The van der Waals surface area contributed by atoms with Crippen molar-refractivity contribution < 1.29 is 12.8 Å². The molecule has 2 heterocycles. The first-order valence-corrected chi connectivity index (χ1v) is 11.5. The van der Waals surface area contributed by atoms with Crippen molar-refractivity contribution in [3.63, 3.8) is 0 Å². The number of halogens is 1. The fourth-order valence-electron chi connectivity index (χ4n) is 3.78. The molecule has 160 valence electrons. The van der Waals surface area contributed by atoms with E-state index in [2.05, 4.69) is 15.1 Å². The zero-order chi connectivity index (χ0) is 22.3. The third-order valence-electron chi connectivity index (χ3n) is 5.49. The molecule has 0 unspecified atom stereocenters. The lowest BCUT2D eigenvalue weighted by Gasteiger charge is -2.23. The van der Waals surface area contributed by atoms with Crippen LogP contribution in [0.5, 0.6) is 0 Å². The molecule has 1 atom stereocenters. The maximum absolute atomic E-state index is 13.5. The monoisotopic (exact) mass is 446 g/mol. The molecule has 0 saturated heterocycles. The molecule has 1 aliphatic heterocycles. The molecule has 0 N–H and O–H groups in total. The molecule has 8 heteroatoms. The summed E-state index contributed by atoms with van der Waals surface area (Å²) in [6, 6.07) is 17.5. The Labute approximate surface area is 185 Å². The van der Waals surface area contributed by atoms with Crippen molar-refractivity contribution in [2.24, 2.45) is 5.10 Å². The smallest absolute Gasteiger partial charge is 0.253 e. The van der Waals surface area contributed by atoms with Gasteiger partial charge in [-0.15, -0.1) is 0 Å². The molecule has 1 aliphatic rings. The van der Waals surface area contributed by atoms with Gasteiger partial charge < -0.3 is 0 Å². The lowest BCUT2D eigenvalue weighted by atomic mass is 9.98. The van der Waals surface area contributed by atoms with Gasteiger partial charge in [0, 0.05) is 18.8 Å². The average Bonchev–Trinajstić information content (AvgIpc) is 3.26. The molecular weight excluding hydrogens is 427 g/mol. The second-order valence-electron chi connectivity index (χ2n) is 7.67. The minimum absolute atomic E-state index is 0.0154. The normalized spacial score (nSPS) is 16.4. The molecule has 0 aliphatic carbocycles. The number of benzene rings is 3. The van der Waals surface area contributed by atoms with Crippen molar-refractivity contribution in [2.75, 3.05) is 0 Å². The summed E-state index contributed by atoms with van der Waals surface area (Å²) in [5.74, 6) is -0.501. The quantitative estimate of drug-likeness (QED) is 0.459. The van der Waals surface area contributed by atoms with Crippen LogP contribution >= 0.6 is 0 Å². The summed E-state index contributed by atoms with van der Waals surface area (Å²) < 4.78 is 41.5. The third-order valence-corrected chi connectivity index (χ3v) is 7.19. The summed E-state index contributed by atoms with van der Waals surface area (Å²) >= 11 is 0. The topological polar surface area (TPSA) is 75.5 Å². The number of nitrogens with zero attached hydrogens (tertiary/aromatic N) is 4. The summed E-state index contributed by atoms with van der Waals surface area (Å²) in [6.45, 7) is 1.99. The molecule has 1 aromatic heterocycles. The van der Waals surface area contributed by atoms with Gasteiger partial charge in [-0.25, -0.2) is 4.39 Å². The van der Waals surface area contributed by atoms with E-state index in [9.17, 15) is 12.8 Å². The van der Waals surface area contributed by atoms with Gasteiger partial charge in [-0.3, -0.25) is 9.97 Å². The molecule has 6 nitrogen and oxygen atoms in total. The van der Waals surface area contributed by atoms with E-state index in [1.165, 1.54) is 12.1 Å². The van der Waals surface area contributed by atoms with E-state index in [1.54, 1.807) is 12.4 Å². The van der Waals surface area contributed by atoms with Crippen LogP contribution in [0.25, 0.3) is 11.0 Å². The minimum atomic E-state index is -4.01. The van der Waals surface area contributed by atoms with Crippen LogP contribution in [0.15, 0.2) is 89.1 Å². The zero-order valence-corrected chi connectivity index (χ0v) is 18.0. The lowest BCUT2D eigenvalue weighted by molar-refractivity contribution is 0.371. The maximum atomic E-state index is 13.5. The number of fused-ring (bicyclic) bond motifs is 1. The van der Waals surface area contributed by atoms with Gasteiger partial charge >= 0.3 is 0 Å². The van der Waals surface area contributed by atoms with Crippen LogP contribution in [0.3, 0.4) is 0 Å². The van der Waals surface area contributed by atoms with Gasteiger partial charge in [0.15, 0.2) is 0 Å². The van der Waals surface area contributed by atoms with Crippen LogP contribution < -0.4 is 0 Å². The fraction of sp³-hybridized carbons (Fsp3) is 0.125. The second kappa shape index (κ2) is 7.80. The molecule has 0 amide bonds. The summed E-state index contributed by atoms with van der Waals surface area (Å²) in [7, 11) is -4.01. The van der Waals surface area contributed by atoms with E-state index in [1.807, 2.05) is 49.4 Å². The van der Waals surface area contributed by atoms with Crippen LogP contribution in [0.2, 0.25) is 0 Å². The van der Waals surface area contributed by atoms with Crippen LogP contribution in [0.1, 0.15) is 29.2 Å². The SMILES string of the molecule is Cc1ccc(C2=NN(S(=O)(=O)c3ccc(F)cc3)[C@H](c3ccc4nccnc4c3)C2)cc1. The highest BCUT2D eigenvalue weighted by Crippen LogP contribution is 2.37. The molecule has 32 heavy (non-hydrogen) atoms. The zero-order valence-electron chi connectivity index (χ0n) is 17.2. The van der Waals surface area contributed by atoms with E-state index in [-0.39, 0.29) is 4.90 Å². The Morgan fingerprint density at radius 2 is 1.59 bits per heavy atom. The molecule has 3 aromatic carbocycles. The van der Waals surface area contributed by atoms with Crippen LogP contribution in [-0.4, -0.2) is 28.5 Å². The number of hydrazone groups is 1. The number of aryl methyl sites for hydroxylation is 1. The number of hydrogen-bond acceptors (Lipinski definition) is 5. The van der Waals surface area contributed by atoms with E-state index >= 15 is 0 Å². The van der Waals surface area contributed by atoms with E-state index in [0.717, 1.165) is 38.8 Å². The van der Waals surface area contributed by atoms with E-state index in [4.69, 9.17) is 0 Å².